The van der Waals surface area contributed by atoms with Crippen molar-refractivity contribution in [3.8, 4) is 0 Å². The van der Waals surface area contributed by atoms with E-state index in [9.17, 15) is 28.8 Å². The molecule has 1 N–H and O–H groups in total. The number of nitrogens with zero attached hydrogens (tertiary/aromatic N) is 2. The number of hydrogen-bond donors (Lipinski definition) is 1. The van der Waals surface area contributed by atoms with E-state index in [0.717, 1.165) is 19.1 Å². The largest absolute Gasteiger partial charge is 0.466 e. The van der Waals surface area contributed by atoms with Gasteiger partial charge in [0.05, 0.1) is 37.5 Å². The zero-order valence-corrected chi connectivity index (χ0v) is 17.7. The highest BCUT2D eigenvalue weighted by atomic mass is 16.5. The van der Waals surface area contributed by atoms with Crippen LogP contribution in [-0.2, 0) is 33.4 Å². The van der Waals surface area contributed by atoms with Gasteiger partial charge in [-0.2, -0.15) is 0 Å². The quantitative estimate of drug-likeness (QED) is 0.462. The third kappa shape index (κ3) is 3.63. The summed E-state index contributed by atoms with van der Waals surface area (Å²) in [6, 6.07) is 3.13. The van der Waals surface area contributed by atoms with Crippen LogP contribution in [0.1, 0.15) is 33.6 Å². The number of methoxy groups -OCH3 is 2. The number of piperidine rings is 1. The van der Waals surface area contributed by atoms with Crippen molar-refractivity contribution >= 4 is 41.3 Å². The minimum atomic E-state index is -1.10. The van der Waals surface area contributed by atoms with Gasteiger partial charge in [-0.15, -0.1) is 0 Å². The Hall–Kier alpha value is -4.06. The molecule has 12 heteroatoms. The van der Waals surface area contributed by atoms with Gasteiger partial charge in [-0.3, -0.25) is 29.4 Å². The van der Waals surface area contributed by atoms with Gasteiger partial charge in [-0.25, -0.2) is 9.59 Å². The summed E-state index contributed by atoms with van der Waals surface area (Å²) in [5.41, 5.74) is 0.180. The van der Waals surface area contributed by atoms with Gasteiger partial charge in [-0.1, -0.05) is 0 Å². The average Bonchev–Trinajstić information content (AvgIpc) is 3.07. The SMILES string of the molecule is COC(=O)C1=C(C(=O)OC)N(c2ccc3c(c2)C(=O)N(C2CCC(=O)NC2=O)C3=O)COC1. The number of benzene rings is 1. The number of ether oxygens (including phenoxy) is 3. The van der Waals surface area contributed by atoms with Crippen molar-refractivity contribution in [1.82, 2.24) is 10.2 Å². The van der Waals surface area contributed by atoms with Gasteiger partial charge in [0.25, 0.3) is 11.8 Å². The zero-order chi connectivity index (χ0) is 23.9. The zero-order valence-electron chi connectivity index (χ0n) is 17.7. The van der Waals surface area contributed by atoms with Crippen LogP contribution in [0.3, 0.4) is 0 Å². The second-order valence-electron chi connectivity index (χ2n) is 7.39. The molecule has 1 aromatic carbocycles. The van der Waals surface area contributed by atoms with Crippen LogP contribution in [0.5, 0.6) is 0 Å². The predicted molar refractivity (Wildman–Crippen MR) is 107 cm³/mol. The molecule has 1 aromatic rings. The average molecular weight is 457 g/mol. The molecule has 172 valence electrons. The molecule has 33 heavy (non-hydrogen) atoms. The molecule has 3 aliphatic heterocycles. The van der Waals surface area contributed by atoms with Gasteiger partial charge >= 0.3 is 11.9 Å². The summed E-state index contributed by atoms with van der Waals surface area (Å²) in [7, 11) is 2.31. The Balaban J connectivity index is 1.72. The molecule has 4 rings (SSSR count). The first-order valence-electron chi connectivity index (χ1n) is 9.89. The number of fused-ring (bicyclic) bond motifs is 1. The van der Waals surface area contributed by atoms with Crippen LogP contribution in [0.2, 0.25) is 0 Å². The molecule has 0 aliphatic carbocycles. The molecule has 3 heterocycles. The molecule has 3 aliphatic rings. The van der Waals surface area contributed by atoms with E-state index in [-0.39, 0.29) is 54.3 Å². The molecule has 12 nitrogen and oxygen atoms in total. The molecule has 1 unspecified atom stereocenters. The van der Waals surface area contributed by atoms with Crippen LogP contribution in [0.25, 0.3) is 0 Å². The van der Waals surface area contributed by atoms with Crippen molar-refractivity contribution in [3.63, 3.8) is 0 Å². The number of anilines is 1. The number of hydrogen-bond acceptors (Lipinski definition) is 10. The maximum atomic E-state index is 13.1. The van der Waals surface area contributed by atoms with E-state index < -0.39 is 41.6 Å². The van der Waals surface area contributed by atoms with E-state index in [2.05, 4.69) is 5.32 Å². The lowest BCUT2D eigenvalue weighted by atomic mass is 10.0. The van der Waals surface area contributed by atoms with E-state index in [1.807, 2.05) is 0 Å². The minimum Gasteiger partial charge on any atom is -0.466 e. The van der Waals surface area contributed by atoms with Gasteiger partial charge in [0.15, 0.2) is 0 Å². The first-order valence-corrected chi connectivity index (χ1v) is 9.89. The summed E-state index contributed by atoms with van der Waals surface area (Å²) in [5.74, 6) is -4.15. The molecule has 1 atom stereocenters. The highest BCUT2D eigenvalue weighted by Crippen LogP contribution is 2.33. The first kappa shape index (κ1) is 22.1. The van der Waals surface area contributed by atoms with Crippen LogP contribution in [-0.4, -0.2) is 74.1 Å². The molecule has 4 amide bonds. The van der Waals surface area contributed by atoms with Crippen LogP contribution >= 0.6 is 0 Å². The van der Waals surface area contributed by atoms with Crippen LogP contribution in [0.15, 0.2) is 29.5 Å². The summed E-state index contributed by atoms with van der Waals surface area (Å²) in [6.07, 6.45) is 0.0322. The molecule has 0 spiro atoms. The van der Waals surface area contributed by atoms with Crippen molar-refractivity contribution in [2.45, 2.75) is 18.9 Å². The monoisotopic (exact) mass is 457 g/mol. The summed E-state index contributed by atoms with van der Waals surface area (Å²) in [6.45, 7) is -0.317. The number of carbonyl (C=O) groups excluding carboxylic acids is 6. The molecule has 0 aromatic heterocycles. The Bertz CT molecular complexity index is 1140. The fraction of sp³-hybridized carbons (Fsp3) is 0.333. The van der Waals surface area contributed by atoms with E-state index in [1.54, 1.807) is 0 Å². The molecule has 0 bridgehead atoms. The summed E-state index contributed by atoms with van der Waals surface area (Å²) < 4.78 is 15.0. The first-order chi connectivity index (χ1) is 15.8. The lowest BCUT2D eigenvalue weighted by Gasteiger charge is -2.31. The molecule has 1 fully saturated rings. The Morgan fingerprint density at radius 2 is 1.73 bits per heavy atom. The van der Waals surface area contributed by atoms with E-state index >= 15 is 0 Å². The Morgan fingerprint density at radius 1 is 1.03 bits per heavy atom. The predicted octanol–water partition coefficient (Wildman–Crippen LogP) is -0.518. The standard InChI is InChI=1S/C21H19N3O9/c1-31-20(29)13-8-33-9-23(16(13)21(30)32-2)10-3-4-11-12(7-10)19(28)24(18(11)27)14-5-6-15(25)22-17(14)26/h3-4,7,14H,5-6,8-9H2,1-2H3,(H,22,25,26). The Morgan fingerprint density at radius 3 is 2.39 bits per heavy atom. The highest BCUT2D eigenvalue weighted by Gasteiger charge is 2.45. The maximum Gasteiger partial charge on any atom is 0.355 e. The molecule has 1 saturated heterocycles. The summed E-state index contributed by atoms with van der Waals surface area (Å²) >= 11 is 0. The van der Waals surface area contributed by atoms with Crippen LogP contribution in [0.4, 0.5) is 5.69 Å². The number of imide groups is 2. The van der Waals surface area contributed by atoms with E-state index in [1.165, 1.54) is 23.1 Å². The van der Waals surface area contributed by atoms with Gasteiger partial charge < -0.3 is 19.1 Å². The van der Waals surface area contributed by atoms with Gasteiger partial charge in [0.1, 0.15) is 18.5 Å². The molecule has 0 saturated carbocycles. The van der Waals surface area contributed by atoms with Crippen molar-refractivity contribution in [2.75, 3.05) is 32.5 Å². The maximum absolute atomic E-state index is 13.1. The lowest BCUT2D eigenvalue weighted by molar-refractivity contribution is -0.140. The van der Waals surface area contributed by atoms with Gasteiger partial charge in [0, 0.05) is 12.1 Å². The van der Waals surface area contributed by atoms with Gasteiger partial charge in [0.2, 0.25) is 11.8 Å². The number of nitrogens with one attached hydrogen (secondary N) is 1. The third-order valence-corrected chi connectivity index (χ3v) is 5.57. The van der Waals surface area contributed by atoms with Crippen molar-refractivity contribution in [1.29, 1.82) is 0 Å². The van der Waals surface area contributed by atoms with Crippen LogP contribution in [0, 0.1) is 0 Å². The minimum absolute atomic E-state index is 0.00374. The fourth-order valence-electron chi connectivity index (χ4n) is 3.97. The fourth-order valence-corrected chi connectivity index (χ4v) is 3.97. The lowest BCUT2D eigenvalue weighted by Crippen LogP contribution is -2.54. The molecule has 0 radical (unpaired) electrons. The molecular weight excluding hydrogens is 438 g/mol. The summed E-state index contributed by atoms with van der Waals surface area (Å²) in [5, 5.41) is 2.13. The number of rotatable bonds is 4. The normalized spacial score (nSPS) is 20.6. The number of esters is 2. The Labute approximate surface area is 187 Å². The number of amides is 4. The van der Waals surface area contributed by atoms with Crippen molar-refractivity contribution in [3.05, 3.63) is 40.6 Å². The number of carbonyl (C=O) groups is 6. The van der Waals surface area contributed by atoms with E-state index in [0.29, 0.717) is 0 Å². The second kappa shape index (κ2) is 8.47. The Kier molecular flexibility index (Phi) is 5.68. The van der Waals surface area contributed by atoms with Gasteiger partial charge in [-0.05, 0) is 24.6 Å². The second-order valence-corrected chi connectivity index (χ2v) is 7.39. The van der Waals surface area contributed by atoms with Crippen molar-refractivity contribution < 1.29 is 43.0 Å². The molecular formula is C21H19N3O9. The third-order valence-electron chi connectivity index (χ3n) is 5.57. The topological polar surface area (TPSA) is 149 Å². The van der Waals surface area contributed by atoms with Crippen LogP contribution < -0.4 is 10.2 Å². The summed E-state index contributed by atoms with van der Waals surface area (Å²) in [4.78, 5) is 76.4. The van der Waals surface area contributed by atoms with Crippen molar-refractivity contribution in [2.24, 2.45) is 0 Å². The highest BCUT2D eigenvalue weighted by molar-refractivity contribution is 6.23. The smallest absolute Gasteiger partial charge is 0.355 e. The van der Waals surface area contributed by atoms with E-state index in [4.69, 9.17) is 14.2 Å².